The topological polar surface area (TPSA) is 71.8 Å². The van der Waals surface area contributed by atoms with Gasteiger partial charge in [0.25, 0.3) is 5.56 Å². The molecule has 0 radical (unpaired) electrons. The minimum absolute atomic E-state index is 0.210. The van der Waals surface area contributed by atoms with Crippen LogP contribution in [0.1, 0.15) is 5.56 Å². The van der Waals surface area contributed by atoms with Gasteiger partial charge in [-0.1, -0.05) is 6.07 Å². The highest BCUT2D eigenvalue weighted by Gasteiger charge is 2.08. The SMILES string of the molecule is NCc1c(-c2cccs2)cn[nH]c1=O. The molecule has 0 aliphatic carbocycles. The van der Waals surface area contributed by atoms with Gasteiger partial charge in [0.15, 0.2) is 0 Å². The van der Waals surface area contributed by atoms with Crippen molar-refractivity contribution in [1.29, 1.82) is 0 Å². The van der Waals surface area contributed by atoms with Crippen LogP contribution in [0.15, 0.2) is 28.5 Å². The molecule has 14 heavy (non-hydrogen) atoms. The van der Waals surface area contributed by atoms with Gasteiger partial charge in [-0.15, -0.1) is 11.3 Å². The Balaban J connectivity index is 2.64. The number of hydrogen-bond donors (Lipinski definition) is 2. The molecule has 4 nitrogen and oxygen atoms in total. The van der Waals surface area contributed by atoms with Crippen molar-refractivity contribution in [1.82, 2.24) is 10.2 Å². The standard InChI is InChI=1S/C9H9N3OS/c10-4-6-7(5-11-12-9(6)13)8-2-1-3-14-8/h1-3,5H,4,10H2,(H,12,13). The summed E-state index contributed by atoms with van der Waals surface area (Å²) in [6.07, 6.45) is 1.63. The molecule has 0 saturated carbocycles. The second kappa shape index (κ2) is 3.73. The van der Waals surface area contributed by atoms with Crippen molar-refractivity contribution in [2.75, 3.05) is 0 Å². The highest BCUT2D eigenvalue weighted by atomic mass is 32.1. The molecule has 0 unspecified atom stereocenters. The minimum Gasteiger partial charge on any atom is -0.326 e. The van der Waals surface area contributed by atoms with E-state index in [0.29, 0.717) is 5.56 Å². The Morgan fingerprint density at radius 3 is 3.07 bits per heavy atom. The predicted molar refractivity (Wildman–Crippen MR) is 56.1 cm³/mol. The second-order valence-corrected chi connectivity index (χ2v) is 3.72. The highest BCUT2D eigenvalue weighted by Crippen LogP contribution is 2.24. The minimum atomic E-state index is -0.210. The molecule has 2 aromatic rings. The molecule has 2 heterocycles. The number of aromatic nitrogens is 2. The van der Waals surface area contributed by atoms with Crippen molar-refractivity contribution >= 4 is 11.3 Å². The van der Waals surface area contributed by atoms with Crippen LogP contribution in [0.3, 0.4) is 0 Å². The molecule has 0 spiro atoms. The monoisotopic (exact) mass is 207 g/mol. The van der Waals surface area contributed by atoms with E-state index in [9.17, 15) is 4.79 Å². The number of rotatable bonds is 2. The van der Waals surface area contributed by atoms with Gasteiger partial charge >= 0.3 is 0 Å². The molecule has 0 saturated heterocycles. The van der Waals surface area contributed by atoms with Crippen molar-refractivity contribution in [3.05, 3.63) is 39.6 Å². The molecule has 5 heteroatoms. The van der Waals surface area contributed by atoms with Crippen molar-refractivity contribution in [2.45, 2.75) is 6.54 Å². The van der Waals surface area contributed by atoms with Crippen LogP contribution in [0, 0.1) is 0 Å². The fourth-order valence-electron chi connectivity index (χ4n) is 1.27. The van der Waals surface area contributed by atoms with E-state index in [-0.39, 0.29) is 12.1 Å². The zero-order valence-electron chi connectivity index (χ0n) is 7.36. The third-order valence-corrected chi connectivity index (χ3v) is 2.85. The van der Waals surface area contributed by atoms with Gasteiger partial charge < -0.3 is 5.73 Å². The summed E-state index contributed by atoms with van der Waals surface area (Å²) in [5, 5.41) is 8.09. The summed E-state index contributed by atoms with van der Waals surface area (Å²) >= 11 is 1.57. The van der Waals surface area contributed by atoms with Gasteiger partial charge in [-0.05, 0) is 11.4 Å². The number of aromatic amines is 1. The molecule has 3 N–H and O–H groups in total. The van der Waals surface area contributed by atoms with E-state index in [0.717, 1.165) is 10.4 Å². The fourth-order valence-corrected chi connectivity index (χ4v) is 2.03. The molecule has 0 aliphatic rings. The maximum Gasteiger partial charge on any atom is 0.269 e. The average Bonchev–Trinajstić information content (AvgIpc) is 2.70. The van der Waals surface area contributed by atoms with E-state index in [1.54, 1.807) is 17.5 Å². The first-order valence-corrected chi connectivity index (χ1v) is 5.01. The van der Waals surface area contributed by atoms with E-state index in [2.05, 4.69) is 10.2 Å². The quantitative estimate of drug-likeness (QED) is 0.770. The summed E-state index contributed by atoms with van der Waals surface area (Å²) in [5.74, 6) is 0. The summed E-state index contributed by atoms with van der Waals surface area (Å²) in [4.78, 5) is 12.4. The van der Waals surface area contributed by atoms with Crippen LogP contribution in [0.4, 0.5) is 0 Å². The average molecular weight is 207 g/mol. The molecule has 2 rings (SSSR count). The van der Waals surface area contributed by atoms with Crippen LogP contribution in [0.5, 0.6) is 0 Å². The van der Waals surface area contributed by atoms with E-state index in [1.807, 2.05) is 17.5 Å². The zero-order valence-corrected chi connectivity index (χ0v) is 8.17. The summed E-state index contributed by atoms with van der Waals surface area (Å²) in [6, 6.07) is 3.88. The Kier molecular flexibility index (Phi) is 2.43. The van der Waals surface area contributed by atoms with E-state index < -0.39 is 0 Å². The molecule has 0 bridgehead atoms. The van der Waals surface area contributed by atoms with Crippen LogP contribution >= 0.6 is 11.3 Å². The van der Waals surface area contributed by atoms with E-state index in [4.69, 9.17) is 5.73 Å². The molecule has 0 aliphatic heterocycles. The van der Waals surface area contributed by atoms with Gasteiger partial charge in [0, 0.05) is 22.5 Å². The third kappa shape index (κ3) is 1.47. The summed E-state index contributed by atoms with van der Waals surface area (Å²) in [7, 11) is 0. The Morgan fingerprint density at radius 2 is 2.43 bits per heavy atom. The van der Waals surface area contributed by atoms with Gasteiger partial charge in [-0.2, -0.15) is 5.10 Å². The van der Waals surface area contributed by atoms with Gasteiger partial charge in [-0.25, -0.2) is 5.10 Å². The fraction of sp³-hybridized carbons (Fsp3) is 0.111. The molecular weight excluding hydrogens is 198 g/mol. The van der Waals surface area contributed by atoms with Crippen molar-refractivity contribution < 1.29 is 0 Å². The van der Waals surface area contributed by atoms with Gasteiger partial charge in [-0.3, -0.25) is 4.79 Å². The normalized spacial score (nSPS) is 10.4. The zero-order chi connectivity index (χ0) is 9.97. The highest BCUT2D eigenvalue weighted by molar-refractivity contribution is 7.13. The first-order valence-electron chi connectivity index (χ1n) is 4.13. The van der Waals surface area contributed by atoms with E-state index >= 15 is 0 Å². The summed E-state index contributed by atoms with van der Waals surface area (Å²) in [6.45, 7) is 0.227. The number of hydrogen-bond acceptors (Lipinski definition) is 4. The Morgan fingerprint density at radius 1 is 1.57 bits per heavy atom. The molecule has 2 aromatic heterocycles. The van der Waals surface area contributed by atoms with Gasteiger partial charge in [0.05, 0.1) is 6.20 Å². The number of H-pyrrole nitrogens is 1. The summed E-state index contributed by atoms with van der Waals surface area (Å²) < 4.78 is 0. The summed E-state index contributed by atoms with van der Waals surface area (Å²) in [5.41, 5.74) is 6.72. The maximum atomic E-state index is 11.4. The second-order valence-electron chi connectivity index (χ2n) is 2.77. The first-order chi connectivity index (χ1) is 6.83. The lowest BCUT2D eigenvalue weighted by atomic mass is 10.1. The molecule has 0 atom stereocenters. The lowest BCUT2D eigenvalue weighted by molar-refractivity contribution is 0.929. The van der Waals surface area contributed by atoms with Crippen molar-refractivity contribution in [2.24, 2.45) is 5.73 Å². The Hall–Kier alpha value is -1.46. The van der Waals surface area contributed by atoms with Gasteiger partial charge in [0.2, 0.25) is 0 Å². The van der Waals surface area contributed by atoms with Crippen molar-refractivity contribution in [3.63, 3.8) is 0 Å². The molecule has 0 fully saturated rings. The molecule has 72 valence electrons. The third-order valence-electron chi connectivity index (χ3n) is 1.95. The van der Waals surface area contributed by atoms with Gasteiger partial charge in [0.1, 0.15) is 0 Å². The van der Waals surface area contributed by atoms with Crippen LogP contribution in [0.25, 0.3) is 10.4 Å². The van der Waals surface area contributed by atoms with Crippen molar-refractivity contribution in [3.8, 4) is 10.4 Å². The lowest BCUT2D eigenvalue weighted by Gasteiger charge is -2.02. The molecule has 0 aromatic carbocycles. The van der Waals surface area contributed by atoms with Crippen LogP contribution < -0.4 is 11.3 Å². The largest absolute Gasteiger partial charge is 0.326 e. The Labute approximate surface area is 84.4 Å². The van der Waals surface area contributed by atoms with Crippen LogP contribution in [0.2, 0.25) is 0 Å². The number of nitrogens with two attached hydrogens (primary N) is 1. The number of nitrogens with zero attached hydrogens (tertiary/aromatic N) is 1. The maximum absolute atomic E-state index is 11.4. The smallest absolute Gasteiger partial charge is 0.269 e. The Bertz CT molecular complexity index is 475. The number of nitrogens with one attached hydrogen (secondary N) is 1. The molecular formula is C9H9N3OS. The van der Waals surface area contributed by atoms with Crippen LogP contribution in [-0.4, -0.2) is 10.2 Å². The van der Waals surface area contributed by atoms with E-state index in [1.165, 1.54) is 0 Å². The predicted octanol–water partition coefficient (Wildman–Crippen LogP) is 0.957. The number of thiophene rings is 1. The lowest BCUT2D eigenvalue weighted by Crippen LogP contribution is -2.18. The van der Waals surface area contributed by atoms with Crippen LogP contribution in [-0.2, 0) is 6.54 Å². The molecule has 0 amide bonds. The first kappa shape index (κ1) is 9.11.